The minimum atomic E-state index is 0.0360. The maximum atomic E-state index is 8.44. The van der Waals surface area contributed by atoms with Crippen molar-refractivity contribution >= 4 is 17.4 Å². The lowest BCUT2D eigenvalue weighted by atomic mass is 10.5. The SMILES string of the molecule is OCCOCCNc1ncncc1Cl. The van der Waals surface area contributed by atoms with Crippen LogP contribution in [0.3, 0.4) is 0 Å². The Kier molecular flexibility index (Phi) is 5.21. The van der Waals surface area contributed by atoms with Gasteiger partial charge in [0, 0.05) is 6.54 Å². The number of halogens is 1. The molecule has 0 radical (unpaired) electrons. The summed E-state index contributed by atoms with van der Waals surface area (Å²) in [7, 11) is 0. The van der Waals surface area contributed by atoms with Gasteiger partial charge in [-0.2, -0.15) is 0 Å². The molecule has 0 unspecified atom stereocenters. The van der Waals surface area contributed by atoms with Crippen LogP contribution in [0.25, 0.3) is 0 Å². The normalized spacial score (nSPS) is 10.1. The van der Waals surface area contributed by atoms with Crippen LogP contribution in [0.5, 0.6) is 0 Å². The fourth-order valence-corrected chi connectivity index (χ4v) is 1.02. The molecule has 1 rings (SSSR count). The molecule has 0 atom stereocenters. The van der Waals surface area contributed by atoms with Crippen molar-refractivity contribution in [2.24, 2.45) is 0 Å². The predicted molar refractivity (Wildman–Crippen MR) is 53.4 cm³/mol. The lowest BCUT2D eigenvalue weighted by Gasteiger charge is -2.06. The molecule has 0 fully saturated rings. The Hall–Kier alpha value is -0.910. The van der Waals surface area contributed by atoms with Crippen LogP contribution in [0.2, 0.25) is 5.02 Å². The number of aliphatic hydroxyl groups is 1. The Bertz CT molecular complexity index is 273. The molecule has 1 aromatic heterocycles. The number of anilines is 1. The second-order valence-electron chi connectivity index (χ2n) is 2.48. The Morgan fingerprint density at radius 3 is 3.07 bits per heavy atom. The standard InChI is InChI=1S/C8H12ClN3O2/c9-7-5-10-6-12-8(7)11-1-3-14-4-2-13/h5-6,13H,1-4H2,(H,10,11,12). The number of hydrogen-bond donors (Lipinski definition) is 2. The lowest BCUT2D eigenvalue weighted by Crippen LogP contribution is -2.12. The highest BCUT2D eigenvalue weighted by Gasteiger charge is 1.98. The summed E-state index contributed by atoms with van der Waals surface area (Å²) in [6, 6.07) is 0. The highest BCUT2D eigenvalue weighted by atomic mass is 35.5. The monoisotopic (exact) mass is 217 g/mol. The molecule has 0 aliphatic carbocycles. The van der Waals surface area contributed by atoms with Gasteiger partial charge in [-0.25, -0.2) is 9.97 Å². The van der Waals surface area contributed by atoms with Crippen molar-refractivity contribution in [3.8, 4) is 0 Å². The predicted octanol–water partition coefficient (Wildman–Crippen LogP) is 0.551. The minimum Gasteiger partial charge on any atom is -0.394 e. The largest absolute Gasteiger partial charge is 0.394 e. The first-order valence-corrected chi connectivity index (χ1v) is 4.60. The van der Waals surface area contributed by atoms with Crippen LogP contribution >= 0.6 is 11.6 Å². The molecule has 78 valence electrons. The van der Waals surface area contributed by atoms with E-state index in [2.05, 4.69) is 15.3 Å². The van der Waals surface area contributed by atoms with Crippen molar-refractivity contribution in [2.75, 3.05) is 31.7 Å². The molecule has 0 aromatic carbocycles. The summed E-state index contributed by atoms with van der Waals surface area (Å²) >= 11 is 5.80. The maximum absolute atomic E-state index is 8.44. The quantitative estimate of drug-likeness (QED) is 0.682. The molecule has 1 aromatic rings. The number of ether oxygens (including phenoxy) is 1. The van der Waals surface area contributed by atoms with E-state index in [1.807, 2.05) is 0 Å². The smallest absolute Gasteiger partial charge is 0.148 e. The van der Waals surface area contributed by atoms with Crippen molar-refractivity contribution in [3.63, 3.8) is 0 Å². The van der Waals surface area contributed by atoms with Crippen LogP contribution in [0, 0.1) is 0 Å². The summed E-state index contributed by atoms with van der Waals surface area (Å²) in [5, 5.41) is 11.9. The summed E-state index contributed by atoms with van der Waals surface area (Å²) in [4.78, 5) is 7.69. The van der Waals surface area contributed by atoms with Gasteiger partial charge in [-0.15, -0.1) is 0 Å². The van der Waals surface area contributed by atoms with Crippen LogP contribution in [-0.4, -0.2) is 41.4 Å². The van der Waals surface area contributed by atoms with Crippen LogP contribution in [-0.2, 0) is 4.74 Å². The number of aliphatic hydroxyl groups excluding tert-OH is 1. The molecule has 0 bridgehead atoms. The third-order valence-electron chi connectivity index (χ3n) is 1.44. The van der Waals surface area contributed by atoms with Gasteiger partial charge in [-0.1, -0.05) is 11.6 Å². The van der Waals surface area contributed by atoms with E-state index in [4.69, 9.17) is 21.4 Å². The van der Waals surface area contributed by atoms with Crippen molar-refractivity contribution in [2.45, 2.75) is 0 Å². The molecule has 1 heterocycles. The summed E-state index contributed by atoms with van der Waals surface area (Å²) in [5.41, 5.74) is 0. The van der Waals surface area contributed by atoms with Gasteiger partial charge in [-0.3, -0.25) is 0 Å². The molecule has 0 spiro atoms. The summed E-state index contributed by atoms with van der Waals surface area (Å²) in [5.74, 6) is 0.592. The molecule has 14 heavy (non-hydrogen) atoms. The van der Waals surface area contributed by atoms with E-state index in [0.29, 0.717) is 30.6 Å². The molecule has 6 heteroatoms. The lowest BCUT2D eigenvalue weighted by molar-refractivity contribution is 0.0992. The van der Waals surface area contributed by atoms with E-state index in [1.54, 1.807) is 0 Å². The number of nitrogens with zero attached hydrogens (tertiary/aromatic N) is 2. The van der Waals surface area contributed by atoms with E-state index >= 15 is 0 Å². The summed E-state index contributed by atoms with van der Waals surface area (Å²) < 4.78 is 5.05. The fraction of sp³-hybridized carbons (Fsp3) is 0.500. The van der Waals surface area contributed by atoms with Gasteiger partial charge in [0.2, 0.25) is 0 Å². The molecule has 5 nitrogen and oxygen atoms in total. The second kappa shape index (κ2) is 6.53. The zero-order valence-electron chi connectivity index (χ0n) is 7.61. The maximum Gasteiger partial charge on any atom is 0.148 e. The third kappa shape index (κ3) is 3.87. The minimum absolute atomic E-state index is 0.0360. The second-order valence-corrected chi connectivity index (χ2v) is 2.89. The van der Waals surface area contributed by atoms with E-state index < -0.39 is 0 Å². The topological polar surface area (TPSA) is 67.3 Å². The average Bonchev–Trinajstić information content (AvgIpc) is 2.20. The molecular formula is C8H12ClN3O2. The average molecular weight is 218 g/mol. The number of hydrogen-bond acceptors (Lipinski definition) is 5. The zero-order valence-corrected chi connectivity index (χ0v) is 8.37. The van der Waals surface area contributed by atoms with Gasteiger partial charge < -0.3 is 15.2 Å². The zero-order chi connectivity index (χ0) is 10.2. The first-order chi connectivity index (χ1) is 6.84. The highest BCUT2D eigenvalue weighted by Crippen LogP contribution is 2.15. The number of rotatable bonds is 6. The summed E-state index contributed by atoms with van der Waals surface area (Å²) in [6.07, 6.45) is 2.94. The summed E-state index contributed by atoms with van der Waals surface area (Å²) in [6.45, 7) is 1.48. The first kappa shape index (κ1) is 11.2. The van der Waals surface area contributed by atoms with E-state index in [9.17, 15) is 0 Å². The van der Waals surface area contributed by atoms with E-state index in [1.165, 1.54) is 12.5 Å². The van der Waals surface area contributed by atoms with Gasteiger partial charge >= 0.3 is 0 Å². The molecule has 0 saturated heterocycles. The van der Waals surface area contributed by atoms with E-state index in [-0.39, 0.29) is 6.61 Å². The van der Waals surface area contributed by atoms with Crippen molar-refractivity contribution < 1.29 is 9.84 Å². The Morgan fingerprint density at radius 1 is 1.50 bits per heavy atom. The van der Waals surface area contributed by atoms with Gasteiger partial charge in [-0.05, 0) is 0 Å². The first-order valence-electron chi connectivity index (χ1n) is 4.22. The fourth-order valence-electron chi connectivity index (χ4n) is 0.851. The van der Waals surface area contributed by atoms with E-state index in [0.717, 1.165) is 0 Å². The van der Waals surface area contributed by atoms with Gasteiger partial charge in [0.25, 0.3) is 0 Å². The van der Waals surface area contributed by atoms with Crippen molar-refractivity contribution in [1.82, 2.24) is 9.97 Å². The van der Waals surface area contributed by atoms with Crippen molar-refractivity contribution in [3.05, 3.63) is 17.5 Å². The van der Waals surface area contributed by atoms with Gasteiger partial charge in [0.15, 0.2) is 0 Å². The van der Waals surface area contributed by atoms with Gasteiger partial charge in [0.05, 0.1) is 26.0 Å². The number of aromatic nitrogens is 2. The Morgan fingerprint density at radius 2 is 2.36 bits per heavy atom. The highest BCUT2D eigenvalue weighted by molar-refractivity contribution is 6.32. The van der Waals surface area contributed by atoms with Crippen LogP contribution in [0.4, 0.5) is 5.82 Å². The Balaban J connectivity index is 2.21. The number of nitrogens with one attached hydrogen (secondary N) is 1. The third-order valence-corrected chi connectivity index (χ3v) is 1.72. The molecule has 0 saturated carbocycles. The molecule has 2 N–H and O–H groups in total. The molecule has 0 aliphatic rings. The molecule has 0 aliphatic heterocycles. The Labute approximate surface area is 87.1 Å². The van der Waals surface area contributed by atoms with Crippen LogP contribution in [0.15, 0.2) is 12.5 Å². The van der Waals surface area contributed by atoms with Crippen LogP contribution in [0.1, 0.15) is 0 Å². The van der Waals surface area contributed by atoms with Gasteiger partial charge in [0.1, 0.15) is 17.2 Å². The molecular weight excluding hydrogens is 206 g/mol. The van der Waals surface area contributed by atoms with Crippen molar-refractivity contribution in [1.29, 1.82) is 0 Å². The molecule has 0 amide bonds. The van der Waals surface area contributed by atoms with Crippen LogP contribution < -0.4 is 5.32 Å².